The second-order valence-electron chi connectivity index (χ2n) is 9.16. The molecule has 1 saturated carbocycles. The number of ether oxygens (including phenoxy) is 1. The highest BCUT2D eigenvalue weighted by atomic mass is 16.6. The summed E-state index contributed by atoms with van der Waals surface area (Å²) < 4.78 is 5.14. The summed E-state index contributed by atoms with van der Waals surface area (Å²) in [4.78, 5) is 27.3. The van der Waals surface area contributed by atoms with Crippen molar-refractivity contribution >= 4 is 23.7 Å². The average Bonchev–Trinajstić information content (AvgIpc) is 3.27. The normalized spacial score (nSPS) is 23.1. The average molecular weight is 452 g/mol. The molecule has 0 aromatic carbocycles. The van der Waals surface area contributed by atoms with Gasteiger partial charge >= 0.3 is 6.09 Å². The number of hydrogen-bond donors (Lipinski definition) is 1. The van der Waals surface area contributed by atoms with Crippen molar-refractivity contribution in [2.45, 2.75) is 32.2 Å². The number of carbonyl (C=O) groups is 1. The monoisotopic (exact) mass is 451 g/mol. The molecule has 2 saturated heterocycles. The largest absolute Gasteiger partial charge is 0.450 e. The quantitative estimate of drug-likeness (QED) is 0.682. The number of nitrogens with two attached hydrogens (primary N) is 1. The highest BCUT2D eigenvalue weighted by Gasteiger charge is 2.51. The zero-order chi connectivity index (χ0) is 23.4. The number of rotatable bonds is 5. The number of pyridine rings is 1. The molecule has 1 aliphatic carbocycles. The number of anilines is 1. The van der Waals surface area contributed by atoms with Crippen molar-refractivity contribution in [1.82, 2.24) is 14.8 Å². The third kappa shape index (κ3) is 4.67. The number of aliphatic imine (C=N–C) groups is 1. The summed E-state index contributed by atoms with van der Waals surface area (Å²) in [7, 11) is 1.71. The minimum atomic E-state index is -0.179. The van der Waals surface area contributed by atoms with Crippen LogP contribution in [0.5, 0.6) is 0 Å². The predicted octanol–water partition coefficient (Wildman–Crippen LogP) is 2.09. The minimum absolute atomic E-state index is 0.179. The minimum Gasteiger partial charge on any atom is -0.450 e. The van der Waals surface area contributed by atoms with E-state index in [1.165, 1.54) is 19.0 Å². The first-order valence-electron chi connectivity index (χ1n) is 11.7. The van der Waals surface area contributed by atoms with E-state index in [4.69, 9.17) is 10.5 Å². The summed E-state index contributed by atoms with van der Waals surface area (Å²) in [6.07, 6.45) is 6.57. The number of allylic oxidation sites excluding steroid dienone is 1. The Kier molecular flexibility index (Phi) is 6.84. The number of carbonyl (C=O) groups excluding carboxylic acids is 1. The first-order valence-corrected chi connectivity index (χ1v) is 11.7. The Morgan fingerprint density at radius 3 is 2.76 bits per heavy atom. The molecule has 1 atom stereocenters. The van der Waals surface area contributed by atoms with Crippen molar-refractivity contribution in [2.75, 3.05) is 57.8 Å². The van der Waals surface area contributed by atoms with Crippen molar-refractivity contribution in [3.8, 4) is 6.07 Å². The number of nitriles is 1. The van der Waals surface area contributed by atoms with Crippen LogP contribution in [0.2, 0.25) is 0 Å². The van der Waals surface area contributed by atoms with Crippen LogP contribution in [-0.4, -0.2) is 86.1 Å². The molecule has 3 aliphatic rings. The second kappa shape index (κ2) is 9.79. The summed E-state index contributed by atoms with van der Waals surface area (Å²) in [6, 6.07) is 6.33. The molecular weight excluding hydrogens is 418 g/mol. The van der Waals surface area contributed by atoms with Crippen LogP contribution in [0.3, 0.4) is 0 Å². The van der Waals surface area contributed by atoms with Crippen LogP contribution in [0.15, 0.2) is 23.3 Å². The lowest BCUT2D eigenvalue weighted by Gasteiger charge is -2.48. The third-order valence-corrected chi connectivity index (χ3v) is 7.13. The standard InChI is InChI=1S/C24H33N7O2/c1-3-33-23(32)31-16-24(17-31)7-6-20(12-24)29-8-10-30(11-9-29)22-21(18(13-25)15-27-2)5-4-19(14-26)28-22/h4-5,13,15,20H,3,6-12,16-17,25H2,1-2H3/b18-13+,27-15?. The van der Waals surface area contributed by atoms with Gasteiger partial charge in [-0.3, -0.25) is 9.89 Å². The molecule has 1 amide bonds. The van der Waals surface area contributed by atoms with E-state index in [0.717, 1.165) is 62.6 Å². The van der Waals surface area contributed by atoms with E-state index in [9.17, 15) is 10.1 Å². The van der Waals surface area contributed by atoms with Gasteiger partial charge in [0, 0.05) is 81.3 Å². The molecular formula is C24H33N7O2. The first kappa shape index (κ1) is 23.1. The fraction of sp³-hybridized carbons (Fsp3) is 0.583. The summed E-state index contributed by atoms with van der Waals surface area (Å²) in [5, 5.41) is 9.36. The fourth-order valence-corrected chi connectivity index (χ4v) is 5.50. The van der Waals surface area contributed by atoms with Gasteiger partial charge in [0.15, 0.2) is 0 Å². The Hall–Kier alpha value is -3.12. The van der Waals surface area contributed by atoms with Crippen LogP contribution < -0.4 is 10.6 Å². The Morgan fingerprint density at radius 2 is 2.12 bits per heavy atom. The highest BCUT2D eigenvalue weighted by molar-refractivity contribution is 6.11. The van der Waals surface area contributed by atoms with Crippen LogP contribution >= 0.6 is 0 Å². The van der Waals surface area contributed by atoms with Gasteiger partial charge in [0.1, 0.15) is 17.6 Å². The van der Waals surface area contributed by atoms with Gasteiger partial charge in [0.2, 0.25) is 0 Å². The second-order valence-corrected chi connectivity index (χ2v) is 9.16. The Balaban J connectivity index is 1.38. The molecule has 176 valence electrons. The summed E-state index contributed by atoms with van der Waals surface area (Å²) in [6.45, 7) is 7.50. The van der Waals surface area contributed by atoms with E-state index in [2.05, 4.69) is 25.8 Å². The van der Waals surface area contributed by atoms with Crippen molar-refractivity contribution in [3.63, 3.8) is 0 Å². The van der Waals surface area contributed by atoms with Gasteiger partial charge in [-0.15, -0.1) is 0 Å². The summed E-state index contributed by atoms with van der Waals surface area (Å²) in [5.41, 5.74) is 8.20. The maximum atomic E-state index is 11.9. The molecule has 3 heterocycles. The van der Waals surface area contributed by atoms with Crippen LogP contribution in [-0.2, 0) is 4.74 Å². The van der Waals surface area contributed by atoms with Gasteiger partial charge in [0.25, 0.3) is 0 Å². The van der Waals surface area contributed by atoms with E-state index in [0.29, 0.717) is 18.3 Å². The number of piperazine rings is 1. The van der Waals surface area contributed by atoms with E-state index in [1.807, 2.05) is 17.9 Å². The first-order chi connectivity index (χ1) is 16.0. The van der Waals surface area contributed by atoms with E-state index < -0.39 is 0 Å². The lowest BCUT2D eigenvalue weighted by Crippen LogP contribution is -2.58. The number of amides is 1. The van der Waals surface area contributed by atoms with Crippen LogP contribution in [0.4, 0.5) is 10.6 Å². The van der Waals surface area contributed by atoms with Crippen molar-refractivity contribution in [3.05, 3.63) is 29.6 Å². The lowest BCUT2D eigenvalue weighted by molar-refractivity contribution is -0.00294. The Labute approximate surface area is 195 Å². The number of hydrogen-bond acceptors (Lipinski definition) is 8. The van der Waals surface area contributed by atoms with E-state index >= 15 is 0 Å². The molecule has 0 bridgehead atoms. The van der Waals surface area contributed by atoms with Gasteiger partial charge in [-0.05, 0) is 38.3 Å². The topological polar surface area (TPSA) is 111 Å². The molecule has 2 N–H and O–H groups in total. The Morgan fingerprint density at radius 1 is 1.36 bits per heavy atom. The SMILES string of the molecule is CCOC(=O)N1CC2(CCC(N3CCN(c4nc(C#N)ccc4/C(C=NC)=C/N)CC3)C2)C1. The van der Waals surface area contributed by atoms with Crippen LogP contribution in [0, 0.1) is 16.7 Å². The van der Waals surface area contributed by atoms with E-state index in [1.54, 1.807) is 19.3 Å². The van der Waals surface area contributed by atoms with Crippen LogP contribution in [0.25, 0.3) is 5.57 Å². The number of aromatic nitrogens is 1. The molecule has 2 aliphatic heterocycles. The van der Waals surface area contributed by atoms with Crippen molar-refractivity contribution < 1.29 is 9.53 Å². The maximum absolute atomic E-state index is 11.9. The van der Waals surface area contributed by atoms with Crippen LogP contribution in [0.1, 0.15) is 37.4 Å². The predicted molar refractivity (Wildman–Crippen MR) is 128 cm³/mol. The van der Waals surface area contributed by atoms with Gasteiger partial charge < -0.3 is 20.3 Å². The summed E-state index contributed by atoms with van der Waals surface area (Å²) in [5.74, 6) is 0.789. The molecule has 9 heteroatoms. The number of nitrogens with zero attached hydrogens (tertiary/aromatic N) is 6. The number of likely N-dealkylation sites (tertiary alicyclic amines) is 1. The van der Waals surface area contributed by atoms with E-state index in [-0.39, 0.29) is 11.5 Å². The zero-order valence-corrected chi connectivity index (χ0v) is 19.5. The van der Waals surface area contributed by atoms with Gasteiger partial charge in [-0.25, -0.2) is 9.78 Å². The molecule has 33 heavy (non-hydrogen) atoms. The maximum Gasteiger partial charge on any atom is 0.409 e. The zero-order valence-electron chi connectivity index (χ0n) is 19.5. The molecule has 3 fully saturated rings. The van der Waals surface area contributed by atoms with Crippen molar-refractivity contribution in [2.24, 2.45) is 16.1 Å². The molecule has 4 rings (SSSR count). The fourth-order valence-electron chi connectivity index (χ4n) is 5.50. The van der Waals surface area contributed by atoms with Gasteiger partial charge in [-0.1, -0.05) is 0 Å². The summed E-state index contributed by atoms with van der Waals surface area (Å²) >= 11 is 0. The Bertz CT molecular complexity index is 970. The van der Waals surface area contributed by atoms with Gasteiger partial charge in [-0.2, -0.15) is 5.26 Å². The molecule has 0 radical (unpaired) electrons. The molecule has 9 nitrogen and oxygen atoms in total. The molecule has 1 aromatic rings. The molecule has 1 aromatic heterocycles. The highest BCUT2D eigenvalue weighted by Crippen LogP contribution is 2.47. The lowest BCUT2D eigenvalue weighted by atomic mass is 9.78. The van der Waals surface area contributed by atoms with Crippen molar-refractivity contribution in [1.29, 1.82) is 5.26 Å². The smallest absolute Gasteiger partial charge is 0.409 e. The van der Waals surface area contributed by atoms with Gasteiger partial charge in [0.05, 0.1) is 6.61 Å². The molecule has 1 spiro atoms. The molecule has 1 unspecified atom stereocenters. The third-order valence-electron chi connectivity index (χ3n) is 7.13.